The fraction of sp³-hybridized carbons (Fsp3) is 0.700. The van der Waals surface area contributed by atoms with Crippen molar-refractivity contribution in [3.63, 3.8) is 0 Å². The van der Waals surface area contributed by atoms with Crippen LogP contribution < -0.4 is 0 Å². The molecule has 13 heavy (non-hydrogen) atoms. The molecule has 1 fully saturated rings. The Morgan fingerprint density at radius 2 is 2.15 bits per heavy atom. The summed E-state index contributed by atoms with van der Waals surface area (Å²) < 4.78 is 0. The summed E-state index contributed by atoms with van der Waals surface area (Å²) in [7, 11) is 0. The first-order valence-electron chi connectivity index (χ1n) is 4.71. The first-order valence-corrected chi connectivity index (χ1v) is 4.71. The number of nitrogens with zero attached hydrogens (tertiary/aromatic N) is 1. The van der Waals surface area contributed by atoms with Gasteiger partial charge in [0.2, 0.25) is 5.91 Å². The van der Waals surface area contributed by atoms with Crippen molar-refractivity contribution in [3.8, 4) is 0 Å². The van der Waals surface area contributed by atoms with E-state index in [4.69, 9.17) is 5.11 Å². The van der Waals surface area contributed by atoms with Gasteiger partial charge in [0.1, 0.15) is 0 Å². The minimum absolute atomic E-state index is 0.0385. The van der Waals surface area contributed by atoms with Gasteiger partial charge in [-0.05, 0) is 26.7 Å². The molecule has 0 radical (unpaired) electrons. The molecule has 1 aliphatic rings. The molecule has 1 aliphatic carbocycles. The number of aliphatic hydroxyl groups is 1. The van der Waals surface area contributed by atoms with Crippen LogP contribution in [0.2, 0.25) is 0 Å². The second-order valence-corrected chi connectivity index (χ2v) is 3.71. The van der Waals surface area contributed by atoms with Crippen LogP contribution in [0.15, 0.2) is 11.6 Å². The van der Waals surface area contributed by atoms with Crippen molar-refractivity contribution in [2.75, 3.05) is 13.2 Å². The third-order valence-corrected chi connectivity index (χ3v) is 2.02. The van der Waals surface area contributed by atoms with Crippen LogP contribution in [0.3, 0.4) is 0 Å². The molecular weight excluding hydrogens is 166 g/mol. The van der Waals surface area contributed by atoms with Gasteiger partial charge in [0.15, 0.2) is 0 Å². The number of hydrogen-bond acceptors (Lipinski definition) is 2. The number of aliphatic hydroxyl groups excluding tert-OH is 1. The molecule has 0 spiro atoms. The molecule has 0 aromatic heterocycles. The third-order valence-electron chi connectivity index (χ3n) is 2.02. The summed E-state index contributed by atoms with van der Waals surface area (Å²) >= 11 is 0. The van der Waals surface area contributed by atoms with Gasteiger partial charge in [-0.1, -0.05) is 5.57 Å². The van der Waals surface area contributed by atoms with Gasteiger partial charge in [-0.3, -0.25) is 4.79 Å². The monoisotopic (exact) mass is 183 g/mol. The smallest absolute Gasteiger partial charge is 0.246 e. The summed E-state index contributed by atoms with van der Waals surface area (Å²) in [5.41, 5.74) is 1.01. The van der Waals surface area contributed by atoms with Crippen molar-refractivity contribution in [2.24, 2.45) is 0 Å². The van der Waals surface area contributed by atoms with Crippen LogP contribution in [-0.4, -0.2) is 35.1 Å². The molecule has 0 unspecified atom stereocenters. The highest BCUT2D eigenvalue weighted by molar-refractivity contribution is 5.88. The zero-order valence-electron chi connectivity index (χ0n) is 8.29. The van der Waals surface area contributed by atoms with E-state index in [1.54, 1.807) is 11.0 Å². The highest BCUT2D eigenvalue weighted by Gasteiger charge is 2.30. The Labute approximate surface area is 79.0 Å². The van der Waals surface area contributed by atoms with Gasteiger partial charge in [0.05, 0.1) is 6.61 Å². The molecule has 0 aromatic rings. The summed E-state index contributed by atoms with van der Waals surface area (Å²) in [6.07, 6.45) is 3.80. The third kappa shape index (κ3) is 3.19. The largest absolute Gasteiger partial charge is 0.395 e. The van der Waals surface area contributed by atoms with Crippen molar-refractivity contribution >= 4 is 5.91 Å². The molecule has 0 heterocycles. The molecule has 0 saturated heterocycles. The number of carbonyl (C=O) groups excluding carboxylic acids is 1. The van der Waals surface area contributed by atoms with Crippen molar-refractivity contribution in [2.45, 2.75) is 32.7 Å². The SMILES string of the molecule is CC(C)=CC(=O)N(CCO)C1CC1. The van der Waals surface area contributed by atoms with E-state index in [0.29, 0.717) is 12.6 Å². The van der Waals surface area contributed by atoms with Crippen LogP contribution >= 0.6 is 0 Å². The van der Waals surface area contributed by atoms with Crippen LogP contribution in [0, 0.1) is 0 Å². The summed E-state index contributed by atoms with van der Waals surface area (Å²) in [5.74, 6) is 0.0385. The van der Waals surface area contributed by atoms with Gasteiger partial charge in [-0.15, -0.1) is 0 Å². The maximum atomic E-state index is 11.6. The lowest BCUT2D eigenvalue weighted by molar-refractivity contribution is -0.127. The standard InChI is InChI=1S/C10H17NO2/c1-8(2)7-10(13)11(5-6-12)9-3-4-9/h7,9,12H,3-6H2,1-2H3. The van der Waals surface area contributed by atoms with Gasteiger partial charge < -0.3 is 10.0 Å². The van der Waals surface area contributed by atoms with E-state index in [9.17, 15) is 4.79 Å². The minimum atomic E-state index is 0.0385. The molecule has 1 amide bonds. The average Bonchev–Trinajstić information content (AvgIpc) is 2.81. The lowest BCUT2D eigenvalue weighted by Crippen LogP contribution is -2.34. The van der Waals surface area contributed by atoms with E-state index in [2.05, 4.69) is 0 Å². The fourth-order valence-corrected chi connectivity index (χ4v) is 1.30. The second-order valence-electron chi connectivity index (χ2n) is 3.71. The van der Waals surface area contributed by atoms with Crippen LogP contribution in [-0.2, 0) is 4.79 Å². The first-order chi connectivity index (χ1) is 6.15. The van der Waals surface area contributed by atoms with E-state index in [1.807, 2.05) is 13.8 Å². The summed E-state index contributed by atoms with van der Waals surface area (Å²) in [5, 5.41) is 8.78. The number of allylic oxidation sites excluding steroid dienone is 1. The summed E-state index contributed by atoms with van der Waals surface area (Å²) in [4.78, 5) is 13.3. The molecule has 1 saturated carbocycles. The molecule has 74 valence electrons. The van der Waals surface area contributed by atoms with Crippen LogP contribution in [0.4, 0.5) is 0 Å². The van der Waals surface area contributed by atoms with Crippen LogP contribution in [0.1, 0.15) is 26.7 Å². The maximum absolute atomic E-state index is 11.6. The zero-order chi connectivity index (χ0) is 9.84. The van der Waals surface area contributed by atoms with E-state index in [-0.39, 0.29) is 12.5 Å². The summed E-state index contributed by atoms with van der Waals surface area (Å²) in [6, 6.07) is 0.384. The molecule has 0 atom stereocenters. The normalized spacial score (nSPS) is 15.3. The van der Waals surface area contributed by atoms with Crippen molar-refractivity contribution < 1.29 is 9.90 Å². The first kappa shape index (κ1) is 10.3. The zero-order valence-corrected chi connectivity index (χ0v) is 8.29. The Morgan fingerprint density at radius 1 is 1.54 bits per heavy atom. The molecule has 3 nitrogen and oxygen atoms in total. The summed E-state index contributed by atoms with van der Waals surface area (Å²) in [6.45, 7) is 4.33. The molecule has 1 rings (SSSR count). The lowest BCUT2D eigenvalue weighted by Gasteiger charge is -2.19. The van der Waals surface area contributed by atoms with Crippen LogP contribution in [0.25, 0.3) is 0 Å². The predicted molar refractivity (Wildman–Crippen MR) is 51.3 cm³/mol. The average molecular weight is 183 g/mol. The Morgan fingerprint density at radius 3 is 2.54 bits per heavy atom. The van der Waals surface area contributed by atoms with Gasteiger partial charge in [0.25, 0.3) is 0 Å². The van der Waals surface area contributed by atoms with Gasteiger partial charge in [0, 0.05) is 18.7 Å². The van der Waals surface area contributed by atoms with Crippen molar-refractivity contribution in [1.82, 2.24) is 4.90 Å². The number of carbonyl (C=O) groups is 1. The highest BCUT2D eigenvalue weighted by atomic mass is 16.3. The van der Waals surface area contributed by atoms with Crippen molar-refractivity contribution in [1.29, 1.82) is 0 Å². The van der Waals surface area contributed by atoms with Crippen molar-refractivity contribution in [3.05, 3.63) is 11.6 Å². The Kier molecular flexibility index (Phi) is 3.48. The van der Waals surface area contributed by atoms with Gasteiger partial charge >= 0.3 is 0 Å². The topological polar surface area (TPSA) is 40.5 Å². The van der Waals surface area contributed by atoms with E-state index in [0.717, 1.165) is 18.4 Å². The van der Waals surface area contributed by atoms with E-state index in [1.165, 1.54) is 0 Å². The quantitative estimate of drug-likeness (QED) is 0.659. The minimum Gasteiger partial charge on any atom is -0.395 e. The molecule has 0 bridgehead atoms. The predicted octanol–water partition coefficient (Wildman–Crippen LogP) is 0.936. The van der Waals surface area contributed by atoms with E-state index < -0.39 is 0 Å². The Hall–Kier alpha value is -0.830. The Bertz CT molecular complexity index is 215. The van der Waals surface area contributed by atoms with Crippen LogP contribution in [0.5, 0.6) is 0 Å². The molecule has 0 aliphatic heterocycles. The molecule has 0 aromatic carbocycles. The lowest BCUT2D eigenvalue weighted by atomic mass is 10.3. The number of amides is 1. The number of rotatable bonds is 4. The highest BCUT2D eigenvalue weighted by Crippen LogP contribution is 2.26. The van der Waals surface area contributed by atoms with Gasteiger partial charge in [-0.25, -0.2) is 0 Å². The van der Waals surface area contributed by atoms with E-state index >= 15 is 0 Å². The maximum Gasteiger partial charge on any atom is 0.246 e. The molecular formula is C10H17NO2. The molecule has 3 heteroatoms. The fourth-order valence-electron chi connectivity index (χ4n) is 1.30. The Balaban J connectivity index is 2.53. The number of hydrogen-bond donors (Lipinski definition) is 1. The molecule has 1 N–H and O–H groups in total. The van der Waals surface area contributed by atoms with Gasteiger partial charge in [-0.2, -0.15) is 0 Å². The second kappa shape index (κ2) is 4.42.